The van der Waals surface area contributed by atoms with Crippen LogP contribution in [0.1, 0.15) is 15.9 Å². The van der Waals surface area contributed by atoms with E-state index in [0.29, 0.717) is 17.1 Å². The smallest absolute Gasteiger partial charge is 0.161 e. The summed E-state index contributed by atoms with van der Waals surface area (Å²) in [5.41, 5.74) is 1.64. The highest BCUT2D eigenvalue weighted by atomic mass is 16.5. The molecule has 5 heteroatoms. The first-order valence-electron chi connectivity index (χ1n) is 6.41. The Morgan fingerprint density at radius 2 is 1.84 bits per heavy atom. The Labute approximate surface area is 113 Å². The molecule has 0 radical (unpaired) electrons. The molecule has 2 rings (SSSR count). The van der Waals surface area contributed by atoms with Gasteiger partial charge < -0.3 is 14.8 Å². The Balaban J connectivity index is 2.24. The first-order valence-corrected chi connectivity index (χ1v) is 6.41. The van der Waals surface area contributed by atoms with Crippen LogP contribution in [0.25, 0.3) is 0 Å². The number of hydrogen-bond acceptors (Lipinski definition) is 5. The van der Waals surface area contributed by atoms with Crippen molar-refractivity contribution in [2.45, 2.75) is 6.54 Å². The Morgan fingerprint density at radius 1 is 1.21 bits per heavy atom. The van der Waals surface area contributed by atoms with Crippen molar-refractivity contribution in [2.75, 3.05) is 40.4 Å². The van der Waals surface area contributed by atoms with E-state index in [1.165, 1.54) is 0 Å². The molecular formula is C14H20N2O3. The maximum absolute atomic E-state index is 11.2. The second kappa shape index (κ2) is 6.54. The van der Waals surface area contributed by atoms with Crippen molar-refractivity contribution in [3.63, 3.8) is 0 Å². The van der Waals surface area contributed by atoms with E-state index in [1.807, 2.05) is 6.07 Å². The Bertz CT molecular complexity index is 443. The summed E-state index contributed by atoms with van der Waals surface area (Å²) < 4.78 is 10.5. The molecule has 0 aromatic heterocycles. The lowest BCUT2D eigenvalue weighted by atomic mass is 10.1. The van der Waals surface area contributed by atoms with Crippen LogP contribution in [0.3, 0.4) is 0 Å². The average Bonchev–Trinajstić information content (AvgIpc) is 2.47. The Morgan fingerprint density at radius 3 is 2.42 bits per heavy atom. The van der Waals surface area contributed by atoms with Crippen molar-refractivity contribution >= 4 is 6.29 Å². The highest BCUT2D eigenvalue weighted by molar-refractivity contribution is 5.79. The van der Waals surface area contributed by atoms with Crippen LogP contribution >= 0.6 is 0 Å². The normalized spacial score (nSPS) is 16.1. The molecule has 0 amide bonds. The van der Waals surface area contributed by atoms with Crippen molar-refractivity contribution in [3.8, 4) is 11.5 Å². The molecule has 0 atom stereocenters. The van der Waals surface area contributed by atoms with E-state index in [9.17, 15) is 4.79 Å². The molecule has 1 aromatic rings. The van der Waals surface area contributed by atoms with Crippen molar-refractivity contribution in [2.24, 2.45) is 0 Å². The van der Waals surface area contributed by atoms with Crippen LogP contribution in [-0.4, -0.2) is 51.6 Å². The number of aldehydes is 1. The lowest BCUT2D eigenvalue weighted by Gasteiger charge is -2.27. The molecule has 1 saturated heterocycles. The minimum Gasteiger partial charge on any atom is -0.493 e. The van der Waals surface area contributed by atoms with Crippen molar-refractivity contribution < 1.29 is 14.3 Å². The number of ether oxygens (including phenoxy) is 2. The summed E-state index contributed by atoms with van der Waals surface area (Å²) in [6.45, 7) is 4.73. The number of rotatable bonds is 5. The van der Waals surface area contributed by atoms with Gasteiger partial charge in [0.15, 0.2) is 17.8 Å². The predicted octanol–water partition coefficient (Wildman–Crippen LogP) is 0.921. The summed E-state index contributed by atoms with van der Waals surface area (Å²) in [4.78, 5) is 13.5. The monoisotopic (exact) mass is 264 g/mol. The maximum atomic E-state index is 11.2. The van der Waals surface area contributed by atoms with Gasteiger partial charge in [0.2, 0.25) is 0 Å². The third-order valence-electron chi connectivity index (χ3n) is 3.38. The highest BCUT2D eigenvalue weighted by Crippen LogP contribution is 2.30. The van der Waals surface area contributed by atoms with Gasteiger partial charge in [0.25, 0.3) is 0 Å². The van der Waals surface area contributed by atoms with Crippen molar-refractivity contribution in [1.29, 1.82) is 0 Å². The fourth-order valence-electron chi connectivity index (χ4n) is 2.29. The number of piperazine rings is 1. The van der Waals surface area contributed by atoms with Crippen LogP contribution in [0, 0.1) is 0 Å². The van der Waals surface area contributed by atoms with Gasteiger partial charge in [-0.1, -0.05) is 0 Å². The molecule has 0 bridgehead atoms. The number of benzene rings is 1. The molecule has 0 unspecified atom stereocenters. The van der Waals surface area contributed by atoms with Gasteiger partial charge in [-0.15, -0.1) is 0 Å². The summed E-state index contributed by atoms with van der Waals surface area (Å²) in [6, 6.07) is 3.63. The zero-order valence-electron chi connectivity index (χ0n) is 11.4. The third kappa shape index (κ3) is 3.24. The molecule has 0 saturated carbocycles. The molecule has 104 valence electrons. The lowest BCUT2D eigenvalue weighted by Crippen LogP contribution is -2.43. The van der Waals surface area contributed by atoms with Crippen LogP contribution in [0.2, 0.25) is 0 Å². The summed E-state index contributed by atoms with van der Waals surface area (Å²) in [5.74, 6) is 1.26. The van der Waals surface area contributed by atoms with E-state index in [1.54, 1.807) is 20.3 Å². The fraction of sp³-hybridized carbons (Fsp3) is 0.500. The van der Waals surface area contributed by atoms with E-state index >= 15 is 0 Å². The van der Waals surface area contributed by atoms with Crippen LogP contribution in [0.5, 0.6) is 11.5 Å². The first kappa shape index (κ1) is 13.8. The Kier molecular flexibility index (Phi) is 4.76. The molecule has 1 aliphatic heterocycles. The van der Waals surface area contributed by atoms with Crippen LogP contribution in [-0.2, 0) is 6.54 Å². The first-order chi connectivity index (χ1) is 9.28. The zero-order chi connectivity index (χ0) is 13.7. The predicted molar refractivity (Wildman–Crippen MR) is 73.1 cm³/mol. The van der Waals surface area contributed by atoms with E-state index in [0.717, 1.165) is 44.6 Å². The van der Waals surface area contributed by atoms with Gasteiger partial charge in [0, 0.05) is 38.3 Å². The molecule has 0 aliphatic carbocycles. The maximum Gasteiger partial charge on any atom is 0.161 e. The molecule has 1 heterocycles. The second-order valence-electron chi connectivity index (χ2n) is 4.55. The zero-order valence-corrected chi connectivity index (χ0v) is 11.4. The molecular weight excluding hydrogens is 244 g/mol. The van der Waals surface area contributed by atoms with Crippen molar-refractivity contribution in [3.05, 3.63) is 23.3 Å². The van der Waals surface area contributed by atoms with Gasteiger partial charge in [-0.2, -0.15) is 0 Å². The summed E-state index contributed by atoms with van der Waals surface area (Å²) >= 11 is 0. The molecule has 1 fully saturated rings. The molecule has 1 aliphatic rings. The largest absolute Gasteiger partial charge is 0.493 e. The number of carbonyl (C=O) groups excluding carboxylic acids is 1. The molecule has 5 nitrogen and oxygen atoms in total. The molecule has 1 N–H and O–H groups in total. The minimum absolute atomic E-state index is 0.591. The summed E-state index contributed by atoms with van der Waals surface area (Å²) in [5, 5.41) is 3.31. The van der Waals surface area contributed by atoms with E-state index in [-0.39, 0.29) is 0 Å². The highest BCUT2D eigenvalue weighted by Gasteiger charge is 2.15. The molecule has 19 heavy (non-hydrogen) atoms. The second-order valence-corrected chi connectivity index (χ2v) is 4.55. The number of methoxy groups -OCH3 is 2. The van der Waals surface area contributed by atoms with Crippen molar-refractivity contribution in [1.82, 2.24) is 10.2 Å². The third-order valence-corrected chi connectivity index (χ3v) is 3.38. The average molecular weight is 264 g/mol. The van der Waals surface area contributed by atoms with Gasteiger partial charge in [-0.25, -0.2) is 0 Å². The van der Waals surface area contributed by atoms with E-state index < -0.39 is 0 Å². The summed E-state index contributed by atoms with van der Waals surface area (Å²) in [6.07, 6.45) is 0.874. The van der Waals surface area contributed by atoms with Gasteiger partial charge in [0.1, 0.15) is 0 Å². The van der Waals surface area contributed by atoms with Gasteiger partial charge >= 0.3 is 0 Å². The number of nitrogens with zero attached hydrogens (tertiary/aromatic N) is 1. The molecule has 1 aromatic carbocycles. The summed E-state index contributed by atoms with van der Waals surface area (Å²) in [7, 11) is 3.18. The van der Waals surface area contributed by atoms with Gasteiger partial charge in [-0.05, 0) is 17.7 Å². The quantitative estimate of drug-likeness (QED) is 0.802. The topological polar surface area (TPSA) is 50.8 Å². The standard InChI is InChI=1S/C14H20N2O3/c1-18-13-7-11(9-16-5-3-15-4-6-16)12(10-17)8-14(13)19-2/h7-8,10,15H,3-6,9H2,1-2H3. The van der Waals surface area contributed by atoms with Crippen LogP contribution < -0.4 is 14.8 Å². The van der Waals surface area contributed by atoms with E-state index in [2.05, 4.69) is 10.2 Å². The lowest BCUT2D eigenvalue weighted by molar-refractivity contribution is 0.112. The number of hydrogen-bond donors (Lipinski definition) is 1. The van der Waals surface area contributed by atoms with Gasteiger partial charge in [0.05, 0.1) is 14.2 Å². The van der Waals surface area contributed by atoms with Gasteiger partial charge in [-0.3, -0.25) is 9.69 Å². The Hall–Kier alpha value is -1.59. The van der Waals surface area contributed by atoms with E-state index in [4.69, 9.17) is 9.47 Å². The SMILES string of the molecule is COc1cc(C=O)c(CN2CCNCC2)cc1OC. The van der Waals surface area contributed by atoms with Crippen LogP contribution in [0.4, 0.5) is 0 Å². The fourth-order valence-corrected chi connectivity index (χ4v) is 2.29. The number of nitrogens with one attached hydrogen (secondary N) is 1. The molecule has 0 spiro atoms. The number of carbonyl (C=O) groups is 1. The minimum atomic E-state index is 0.591. The van der Waals surface area contributed by atoms with Crippen LogP contribution in [0.15, 0.2) is 12.1 Å².